The number of nitrogens with zero attached hydrogens (tertiary/aromatic N) is 1. The number of carbonyl (C=O) groups is 2. The quantitative estimate of drug-likeness (QED) is 0.134. The molecule has 0 bridgehead atoms. The third kappa shape index (κ3) is 10.2. The number of carboxylic acid groups (broad SMARTS) is 1. The summed E-state index contributed by atoms with van der Waals surface area (Å²) < 4.78 is 12.6. The minimum Gasteiger partial charge on any atom is -0.490 e. The van der Waals surface area contributed by atoms with Crippen molar-refractivity contribution in [2.45, 2.75) is 91.1 Å². The number of unbranched alkanes of at least 4 members (excludes halogenated alkanes) is 6. The molecular formula is C27H39NO5S2. The van der Waals surface area contributed by atoms with Crippen LogP contribution in [0.15, 0.2) is 23.1 Å². The molecule has 6 nitrogen and oxygen atoms in total. The molecule has 1 aromatic rings. The third-order valence-corrected chi connectivity index (χ3v) is 7.13. The number of carbonyl (C=O) groups excluding carboxylic acids is 1. The maximum atomic E-state index is 12.9. The van der Waals surface area contributed by atoms with Gasteiger partial charge >= 0.3 is 5.97 Å². The van der Waals surface area contributed by atoms with Crippen LogP contribution in [0.2, 0.25) is 0 Å². The van der Waals surface area contributed by atoms with Gasteiger partial charge in [-0.1, -0.05) is 69.1 Å². The fraction of sp³-hybridized carbons (Fsp3) is 0.593. The fourth-order valence-electron chi connectivity index (χ4n) is 3.86. The number of hydrogen-bond donors (Lipinski definition) is 1. The van der Waals surface area contributed by atoms with Gasteiger partial charge in [0.1, 0.15) is 4.32 Å². The van der Waals surface area contributed by atoms with Gasteiger partial charge in [-0.3, -0.25) is 14.5 Å². The first-order valence-corrected chi connectivity index (χ1v) is 14.0. The van der Waals surface area contributed by atoms with Crippen molar-refractivity contribution in [3.8, 4) is 11.5 Å². The highest BCUT2D eigenvalue weighted by Gasteiger charge is 2.31. The Kier molecular flexibility index (Phi) is 13.2. The molecule has 1 aliphatic rings. The highest BCUT2D eigenvalue weighted by atomic mass is 32.2. The maximum absolute atomic E-state index is 12.9. The van der Waals surface area contributed by atoms with E-state index in [1.807, 2.05) is 31.2 Å². The van der Waals surface area contributed by atoms with Crippen LogP contribution in [0, 0.1) is 0 Å². The van der Waals surface area contributed by atoms with Crippen molar-refractivity contribution < 1.29 is 24.2 Å². The van der Waals surface area contributed by atoms with Crippen LogP contribution in [0.3, 0.4) is 0 Å². The van der Waals surface area contributed by atoms with Crippen LogP contribution in [0.4, 0.5) is 0 Å². The Bertz CT molecular complexity index is 886. The standard InChI is InChI=1S/C27H39NO5S2/c1-4-6-7-8-10-13-20(3)33-22-16-15-21(18-23(22)32-5-2)19-24-26(31)28(27(34)35-24)17-12-9-11-14-25(29)30/h15-16,18-20H,4-14,17H2,1-3H3,(H,29,30). The zero-order chi connectivity index (χ0) is 25.6. The summed E-state index contributed by atoms with van der Waals surface area (Å²) in [4.78, 5) is 25.7. The van der Waals surface area contributed by atoms with Crippen LogP contribution in [0.1, 0.15) is 90.5 Å². The van der Waals surface area contributed by atoms with Gasteiger partial charge in [0.2, 0.25) is 0 Å². The van der Waals surface area contributed by atoms with Gasteiger partial charge in [-0.05, 0) is 63.3 Å². The molecule has 0 aliphatic carbocycles. The van der Waals surface area contributed by atoms with Crippen molar-refractivity contribution in [2.75, 3.05) is 13.2 Å². The summed E-state index contributed by atoms with van der Waals surface area (Å²) in [7, 11) is 0. The van der Waals surface area contributed by atoms with E-state index < -0.39 is 5.97 Å². The molecule has 2 rings (SSSR count). The molecule has 1 saturated heterocycles. The smallest absolute Gasteiger partial charge is 0.303 e. The molecule has 1 aliphatic heterocycles. The summed E-state index contributed by atoms with van der Waals surface area (Å²) >= 11 is 6.71. The lowest BCUT2D eigenvalue weighted by atomic mass is 10.1. The molecule has 35 heavy (non-hydrogen) atoms. The van der Waals surface area contributed by atoms with Gasteiger partial charge in [-0.15, -0.1) is 0 Å². The van der Waals surface area contributed by atoms with E-state index in [-0.39, 0.29) is 18.4 Å². The molecule has 1 heterocycles. The average molecular weight is 522 g/mol. The van der Waals surface area contributed by atoms with Crippen molar-refractivity contribution in [1.82, 2.24) is 4.90 Å². The fourth-order valence-corrected chi connectivity index (χ4v) is 5.17. The summed E-state index contributed by atoms with van der Waals surface area (Å²) in [5.74, 6) is 0.499. The summed E-state index contributed by atoms with van der Waals surface area (Å²) in [6.07, 6.45) is 11.4. The second-order valence-corrected chi connectivity index (χ2v) is 10.5. The third-order valence-electron chi connectivity index (χ3n) is 5.75. The molecule has 194 valence electrons. The largest absolute Gasteiger partial charge is 0.490 e. The molecule has 1 aromatic carbocycles. The van der Waals surface area contributed by atoms with E-state index in [2.05, 4.69) is 13.8 Å². The summed E-state index contributed by atoms with van der Waals surface area (Å²) in [5.41, 5.74) is 0.856. The lowest BCUT2D eigenvalue weighted by Gasteiger charge is -2.18. The van der Waals surface area contributed by atoms with Crippen LogP contribution >= 0.6 is 24.0 Å². The second kappa shape index (κ2) is 15.8. The molecule has 8 heteroatoms. The van der Waals surface area contributed by atoms with Gasteiger partial charge in [0, 0.05) is 13.0 Å². The number of carboxylic acids is 1. The predicted octanol–water partition coefficient (Wildman–Crippen LogP) is 7.06. The van der Waals surface area contributed by atoms with Gasteiger partial charge < -0.3 is 14.6 Å². The van der Waals surface area contributed by atoms with Crippen LogP contribution in [0.25, 0.3) is 6.08 Å². The van der Waals surface area contributed by atoms with Crippen LogP contribution < -0.4 is 9.47 Å². The Morgan fingerprint density at radius 1 is 1.11 bits per heavy atom. The Labute approximate surface area is 219 Å². The zero-order valence-corrected chi connectivity index (χ0v) is 22.8. The number of amides is 1. The highest BCUT2D eigenvalue weighted by molar-refractivity contribution is 8.26. The monoisotopic (exact) mass is 521 g/mol. The predicted molar refractivity (Wildman–Crippen MR) is 147 cm³/mol. The molecule has 0 radical (unpaired) electrons. The molecule has 1 amide bonds. The number of thioether (sulfide) groups is 1. The van der Waals surface area contributed by atoms with Gasteiger partial charge in [0.05, 0.1) is 17.6 Å². The molecule has 1 atom stereocenters. The minimum atomic E-state index is -0.793. The number of benzene rings is 1. The number of hydrogen-bond acceptors (Lipinski definition) is 6. The number of ether oxygens (including phenoxy) is 2. The van der Waals surface area contributed by atoms with Crippen molar-refractivity contribution in [3.05, 3.63) is 28.7 Å². The lowest BCUT2D eigenvalue weighted by molar-refractivity contribution is -0.137. The first-order valence-electron chi connectivity index (χ1n) is 12.8. The van der Waals surface area contributed by atoms with Crippen molar-refractivity contribution >= 4 is 46.3 Å². The highest BCUT2D eigenvalue weighted by Crippen LogP contribution is 2.35. The van der Waals surface area contributed by atoms with E-state index in [1.165, 1.54) is 37.4 Å². The summed E-state index contributed by atoms with van der Waals surface area (Å²) in [5, 5.41) is 8.74. The van der Waals surface area contributed by atoms with Gasteiger partial charge in [0.15, 0.2) is 11.5 Å². The van der Waals surface area contributed by atoms with E-state index in [0.29, 0.717) is 34.5 Å². The molecule has 1 unspecified atom stereocenters. The topological polar surface area (TPSA) is 76.1 Å². The van der Waals surface area contributed by atoms with Crippen molar-refractivity contribution in [1.29, 1.82) is 0 Å². The van der Waals surface area contributed by atoms with E-state index in [9.17, 15) is 9.59 Å². The average Bonchev–Trinajstić information content (AvgIpc) is 3.07. The Balaban J connectivity index is 1.98. The number of rotatable bonds is 17. The Morgan fingerprint density at radius 2 is 1.86 bits per heavy atom. The van der Waals surface area contributed by atoms with E-state index in [0.717, 1.165) is 37.0 Å². The van der Waals surface area contributed by atoms with E-state index >= 15 is 0 Å². The minimum absolute atomic E-state index is 0.104. The van der Waals surface area contributed by atoms with Gasteiger partial charge in [-0.25, -0.2) is 0 Å². The molecule has 0 spiro atoms. The van der Waals surface area contributed by atoms with Gasteiger partial charge in [0.25, 0.3) is 5.91 Å². The molecule has 1 fully saturated rings. The number of thiocarbonyl (C=S) groups is 1. The summed E-state index contributed by atoms with van der Waals surface area (Å²) in [6.45, 7) is 7.29. The van der Waals surface area contributed by atoms with E-state index in [1.54, 1.807) is 4.90 Å². The van der Waals surface area contributed by atoms with Crippen LogP contribution in [-0.2, 0) is 9.59 Å². The van der Waals surface area contributed by atoms with Crippen LogP contribution in [-0.4, -0.2) is 45.5 Å². The van der Waals surface area contributed by atoms with Crippen LogP contribution in [0.5, 0.6) is 11.5 Å². The lowest BCUT2D eigenvalue weighted by Crippen LogP contribution is -2.29. The zero-order valence-electron chi connectivity index (χ0n) is 21.2. The van der Waals surface area contributed by atoms with Crippen molar-refractivity contribution in [2.24, 2.45) is 0 Å². The first-order chi connectivity index (χ1) is 16.8. The first kappa shape index (κ1) is 29.2. The number of aliphatic carboxylic acids is 1. The molecule has 0 aromatic heterocycles. The molecule has 1 N–H and O–H groups in total. The SMILES string of the molecule is CCCCCCCC(C)Oc1ccc(C=C2SC(=S)N(CCCCCC(=O)O)C2=O)cc1OCC. The van der Waals surface area contributed by atoms with E-state index in [4.69, 9.17) is 26.8 Å². The van der Waals surface area contributed by atoms with Gasteiger partial charge in [-0.2, -0.15) is 0 Å². The Morgan fingerprint density at radius 3 is 2.57 bits per heavy atom. The van der Waals surface area contributed by atoms with Crippen molar-refractivity contribution in [3.63, 3.8) is 0 Å². The summed E-state index contributed by atoms with van der Waals surface area (Å²) in [6, 6.07) is 5.75. The molecule has 0 saturated carbocycles. The second-order valence-electron chi connectivity index (χ2n) is 8.81. The Hall–Kier alpha value is -2.06. The normalized spacial score (nSPS) is 15.6. The molecular weight excluding hydrogens is 482 g/mol. The maximum Gasteiger partial charge on any atom is 0.303 e.